The average Bonchev–Trinajstić information content (AvgIpc) is 2.81. The Balaban J connectivity index is 2.92. The summed E-state index contributed by atoms with van der Waals surface area (Å²) in [6.45, 7) is 1.18. The third-order valence-electron chi connectivity index (χ3n) is 2.88. The number of carboxylic acids is 1. The number of aliphatic carboxylic acids is 1. The van der Waals surface area contributed by atoms with E-state index in [1.165, 1.54) is 28.1 Å². The number of hydrogen-bond acceptors (Lipinski definition) is 6. The Kier molecular flexibility index (Phi) is 5.69. The second-order valence-electron chi connectivity index (χ2n) is 4.60. The highest BCUT2D eigenvalue weighted by atomic mass is 32.2. The number of carbonyl (C=O) groups is 2. The molecule has 1 unspecified atom stereocenters. The van der Waals surface area contributed by atoms with Crippen molar-refractivity contribution in [3.8, 4) is 0 Å². The largest absolute Gasteiger partial charge is 0.479 e. The lowest BCUT2D eigenvalue weighted by Gasteiger charge is -2.10. The number of carbonyl (C=O) groups excluding carboxylic acids is 1. The van der Waals surface area contributed by atoms with Crippen LogP contribution in [0.25, 0.3) is 0 Å². The lowest BCUT2D eigenvalue weighted by atomic mass is 10.2. The molecule has 0 aliphatic carbocycles. The van der Waals surface area contributed by atoms with Gasteiger partial charge in [0, 0.05) is 27.3 Å². The van der Waals surface area contributed by atoms with Crippen molar-refractivity contribution in [3.63, 3.8) is 0 Å². The first-order chi connectivity index (χ1) is 10.1. The number of nitrogens with zero attached hydrogens (tertiary/aromatic N) is 1. The molecule has 0 fully saturated rings. The SMILES string of the molecule is COC(CNC(=O)c1cc(S(=O)(=O)N(C)C)oc1C)C(=O)O. The first-order valence-corrected chi connectivity index (χ1v) is 7.62. The van der Waals surface area contributed by atoms with Crippen LogP contribution in [0.15, 0.2) is 15.6 Å². The van der Waals surface area contributed by atoms with E-state index < -0.39 is 28.0 Å². The summed E-state index contributed by atoms with van der Waals surface area (Å²) in [5.74, 6) is -1.76. The summed E-state index contributed by atoms with van der Waals surface area (Å²) in [6.07, 6.45) is -1.19. The molecule has 0 saturated heterocycles. The standard InChI is InChI=1S/C12H18N2O7S/c1-7-8(5-10(21-7)22(18,19)14(2)3)11(15)13-6-9(20-4)12(16)17/h5,9H,6H2,1-4H3,(H,13,15)(H,16,17). The van der Waals surface area contributed by atoms with Gasteiger partial charge in [-0.1, -0.05) is 0 Å². The molecule has 1 aromatic heterocycles. The summed E-state index contributed by atoms with van der Waals surface area (Å²) in [5, 5.41) is 10.8. The Bertz CT molecular complexity index is 663. The Hall–Kier alpha value is -1.91. The number of nitrogens with one attached hydrogen (secondary N) is 1. The Morgan fingerprint density at radius 3 is 2.50 bits per heavy atom. The molecule has 1 aromatic rings. The number of amides is 1. The minimum atomic E-state index is -3.79. The number of aryl methyl sites for hydroxylation is 1. The number of hydrogen-bond donors (Lipinski definition) is 2. The zero-order chi connectivity index (χ0) is 17.1. The van der Waals surface area contributed by atoms with E-state index in [0.717, 1.165) is 10.4 Å². The van der Waals surface area contributed by atoms with Crippen molar-refractivity contribution in [3.05, 3.63) is 17.4 Å². The lowest BCUT2D eigenvalue weighted by molar-refractivity contribution is -0.148. The number of methoxy groups -OCH3 is 1. The van der Waals surface area contributed by atoms with E-state index in [1.54, 1.807) is 0 Å². The molecule has 1 heterocycles. The number of furan rings is 1. The van der Waals surface area contributed by atoms with E-state index in [9.17, 15) is 18.0 Å². The third-order valence-corrected chi connectivity index (χ3v) is 4.55. The fourth-order valence-corrected chi connectivity index (χ4v) is 2.40. The van der Waals surface area contributed by atoms with E-state index >= 15 is 0 Å². The predicted octanol–water partition coefficient (Wildman–Crippen LogP) is -0.332. The molecule has 0 aromatic carbocycles. The van der Waals surface area contributed by atoms with Crippen molar-refractivity contribution in [1.29, 1.82) is 0 Å². The molecule has 0 bridgehead atoms. The maximum atomic E-state index is 12.0. The number of ether oxygens (including phenoxy) is 1. The highest BCUT2D eigenvalue weighted by Gasteiger charge is 2.26. The van der Waals surface area contributed by atoms with Crippen LogP contribution in [0.4, 0.5) is 0 Å². The molecule has 124 valence electrons. The van der Waals surface area contributed by atoms with E-state index in [2.05, 4.69) is 10.1 Å². The summed E-state index contributed by atoms with van der Waals surface area (Å²) in [5.41, 5.74) is 0.0145. The van der Waals surface area contributed by atoms with Gasteiger partial charge >= 0.3 is 5.97 Å². The van der Waals surface area contributed by atoms with Crippen LogP contribution in [0.2, 0.25) is 0 Å². The van der Waals surface area contributed by atoms with Crippen LogP contribution in [0.5, 0.6) is 0 Å². The van der Waals surface area contributed by atoms with Gasteiger partial charge in [-0.15, -0.1) is 0 Å². The van der Waals surface area contributed by atoms with Crippen molar-refractivity contribution in [1.82, 2.24) is 9.62 Å². The van der Waals surface area contributed by atoms with Crippen LogP contribution in [-0.2, 0) is 19.6 Å². The van der Waals surface area contributed by atoms with Crippen LogP contribution in [0.3, 0.4) is 0 Å². The van der Waals surface area contributed by atoms with Crippen LogP contribution < -0.4 is 5.32 Å². The van der Waals surface area contributed by atoms with Crippen molar-refractivity contribution in [2.75, 3.05) is 27.7 Å². The molecule has 1 rings (SSSR count). The van der Waals surface area contributed by atoms with E-state index in [4.69, 9.17) is 9.52 Å². The van der Waals surface area contributed by atoms with E-state index in [-0.39, 0.29) is 23.0 Å². The molecular weight excluding hydrogens is 316 g/mol. The maximum absolute atomic E-state index is 12.0. The van der Waals surface area contributed by atoms with Crippen LogP contribution in [-0.4, -0.2) is 63.6 Å². The molecule has 0 radical (unpaired) electrons. The maximum Gasteiger partial charge on any atom is 0.334 e. The second-order valence-corrected chi connectivity index (χ2v) is 6.68. The zero-order valence-corrected chi connectivity index (χ0v) is 13.4. The van der Waals surface area contributed by atoms with Gasteiger partial charge in [-0.25, -0.2) is 17.5 Å². The molecule has 1 atom stereocenters. The molecule has 9 nitrogen and oxygen atoms in total. The van der Waals surface area contributed by atoms with Crippen LogP contribution in [0, 0.1) is 6.92 Å². The van der Waals surface area contributed by atoms with Gasteiger partial charge in [0.2, 0.25) is 5.09 Å². The summed E-state index contributed by atoms with van der Waals surface area (Å²) >= 11 is 0. The third kappa shape index (κ3) is 3.84. The average molecular weight is 334 g/mol. The van der Waals surface area contributed by atoms with Crippen molar-refractivity contribution >= 4 is 21.9 Å². The van der Waals surface area contributed by atoms with E-state index in [1.807, 2.05) is 0 Å². The van der Waals surface area contributed by atoms with Crippen molar-refractivity contribution in [2.45, 2.75) is 18.1 Å². The second kappa shape index (κ2) is 6.90. The fraction of sp³-hybridized carbons (Fsp3) is 0.500. The van der Waals surface area contributed by atoms with Crippen LogP contribution >= 0.6 is 0 Å². The molecule has 10 heteroatoms. The van der Waals surface area contributed by atoms with Gasteiger partial charge in [0.1, 0.15) is 5.76 Å². The van der Waals surface area contributed by atoms with Gasteiger partial charge in [-0.05, 0) is 6.92 Å². The van der Waals surface area contributed by atoms with Gasteiger partial charge in [0.05, 0.1) is 12.1 Å². The van der Waals surface area contributed by atoms with Crippen molar-refractivity contribution < 1.29 is 32.3 Å². The predicted molar refractivity (Wildman–Crippen MR) is 75.1 cm³/mol. The van der Waals surface area contributed by atoms with Gasteiger partial charge in [-0.3, -0.25) is 4.79 Å². The molecule has 22 heavy (non-hydrogen) atoms. The highest BCUT2D eigenvalue weighted by Crippen LogP contribution is 2.21. The quantitative estimate of drug-likeness (QED) is 0.699. The van der Waals surface area contributed by atoms with E-state index in [0.29, 0.717) is 0 Å². The molecule has 0 aliphatic rings. The first kappa shape index (κ1) is 18.1. The minimum Gasteiger partial charge on any atom is -0.479 e. The summed E-state index contributed by atoms with van der Waals surface area (Å²) < 4.78 is 34.6. The Labute approximate surface area is 127 Å². The van der Waals surface area contributed by atoms with Crippen LogP contribution in [0.1, 0.15) is 16.1 Å². The summed E-state index contributed by atoms with van der Waals surface area (Å²) in [4.78, 5) is 22.8. The summed E-state index contributed by atoms with van der Waals surface area (Å²) in [7, 11) is 0.0831. The van der Waals surface area contributed by atoms with Crippen molar-refractivity contribution in [2.24, 2.45) is 0 Å². The summed E-state index contributed by atoms with van der Waals surface area (Å²) in [6, 6.07) is 1.10. The van der Waals surface area contributed by atoms with Gasteiger partial charge in [0.15, 0.2) is 6.10 Å². The number of carboxylic acid groups (broad SMARTS) is 1. The van der Waals surface area contributed by atoms with Gasteiger partial charge < -0.3 is 19.6 Å². The minimum absolute atomic E-state index is 0.0145. The molecule has 0 saturated carbocycles. The lowest BCUT2D eigenvalue weighted by Crippen LogP contribution is -2.37. The molecule has 1 amide bonds. The topological polar surface area (TPSA) is 126 Å². The molecule has 0 aliphatic heterocycles. The van der Waals surface area contributed by atoms with Gasteiger partial charge in [-0.2, -0.15) is 0 Å². The highest BCUT2D eigenvalue weighted by molar-refractivity contribution is 7.88. The molecular formula is C12H18N2O7S. The number of rotatable bonds is 7. The Morgan fingerprint density at radius 2 is 2.05 bits per heavy atom. The molecule has 2 N–H and O–H groups in total. The monoisotopic (exact) mass is 334 g/mol. The normalized spacial score (nSPS) is 13.1. The fourth-order valence-electron chi connectivity index (χ4n) is 1.54. The Morgan fingerprint density at radius 1 is 1.45 bits per heavy atom. The smallest absolute Gasteiger partial charge is 0.334 e. The molecule has 0 spiro atoms. The van der Waals surface area contributed by atoms with Gasteiger partial charge in [0.25, 0.3) is 15.9 Å². The number of sulfonamides is 1. The zero-order valence-electron chi connectivity index (χ0n) is 12.6. The first-order valence-electron chi connectivity index (χ1n) is 6.18.